The van der Waals surface area contributed by atoms with Gasteiger partial charge < -0.3 is 14.2 Å². The van der Waals surface area contributed by atoms with E-state index in [1.165, 1.54) is 205 Å². The van der Waals surface area contributed by atoms with E-state index in [2.05, 4.69) is 57.2 Å². The molecule has 0 bridgehead atoms. The molecule has 0 saturated carbocycles. The topological polar surface area (TPSA) is 78.9 Å². The van der Waals surface area contributed by atoms with Gasteiger partial charge in [0.2, 0.25) is 0 Å². The number of rotatable bonds is 56. The Balaban J connectivity index is 4.04. The van der Waals surface area contributed by atoms with Crippen molar-refractivity contribution in [2.24, 2.45) is 0 Å². The lowest BCUT2D eigenvalue weighted by atomic mass is 10.0. The summed E-state index contributed by atoms with van der Waals surface area (Å²) in [4.78, 5) is 37.8. The fourth-order valence-electron chi connectivity index (χ4n) is 9.04. The van der Waals surface area contributed by atoms with Gasteiger partial charge in [0.15, 0.2) is 6.10 Å². The summed E-state index contributed by atoms with van der Waals surface area (Å²) in [5.74, 6) is -0.884. The molecule has 0 radical (unpaired) electrons. The van der Waals surface area contributed by atoms with E-state index in [-0.39, 0.29) is 31.1 Å². The molecule has 0 aromatic carbocycles. The predicted molar refractivity (Wildman–Crippen MR) is 298 cm³/mol. The second kappa shape index (κ2) is 58.2. The molecule has 0 fully saturated rings. The second-order valence-electron chi connectivity index (χ2n) is 20.6. The van der Waals surface area contributed by atoms with Gasteiger partial charge in [0.25, 0.3) is 0 Å². The molecule has 0 aromatic rings. The molecule has 0 aliphatic heterocycles. The lowest BCUT2D eigenvalue weighted by molar-refractivity contribution is -0.167. The van der Waals surface area contributed by atoms with E-state index < -0.39 is 6.10 Å². The van der Waals surface area contributed by atoms with Gasteiger partial charge in [-0.05, 0) is 57.8 Å². The van der Waals surface area contributed by atoms with Gasteiger partial charge in [0, 0.05) is 19.3 Å². The second-order valence-corrected chi connectivity index (χ2v) is 20.6. The first-order valence-electron chi connectivity index (χ1n) is 30.5. The Morgan fingerprint density at radius 1 is 0.290 bits per heavy atom. The van der Waals surface area contributed by atoms with Crippen molar-refractivity contribution >= 4 is 17.9 Å². The highest BCUT2D eigenvalue weighted by atomic mass is 16.6. The molecule has 0 amide bonds. The van der Waals surface area contributed by atoms with Crippen molar-refractivity contribution in [3.05, 3.63) is 36.5 Å². The maximum absolute atomic E-state index is 12.8. The molecule has 0 N–H and O–H groups in total. The van der Waals surface area contributed by atoms with Crippen molar-refractivity contribution in [3.63, 3.8) is 0 Å². The van der Waals surface area contributed by atoms with Crippen LogP contribution in [0.5, 0.6) is 0 Å². The summed E-state index contributed by atoms with van der Waals surface area (Å²) < 4.78 is 16.7. The van der Waals surface area contributed by atoms with Gasteiger partial charge in [-0.25, -0.2) is 0 Å². The summed E-state index contributed by atoms with van der Waals surface area (Å²) in [7, 11) is 0. The average Bonchev–Trinajstić information content (AvgIpc) is 3.35. The van der Waals surface area contributed by atoms with Crippen LogP contribution in [-0.4, -0.2) is 37.2 Å². The third kappa shape index (κ3) is 56.4. The van der Waals surface area contributed by atoms with Crippen LogP contribution >= 0.6 is 0 Å². The zero-order valence-electron chi connectivity index (χ0n) is 46.3. The summed E-state index contributed by atoms with van der Waals surface area (Å²) >= 11 is 0. The van der Waals surface area contributed by atoms with Crippen LogP contribution in [0.25, 0.3) is 0 Å². The third-order valence-electron chi connectivity index (χ3n) is 13.6. The molecular weight excluding hydrogens is 853 g/mol. The van der Waals surface area contributed by atoms with Gasteiger partial charge in [-0.1, -0.05) is 288 Å². The van der Waals surface area contributed by atoms with Gasteiger partial charge in [0.1, 0.15) is 13.2 Å². The van der Waals surface area contributed by atoms with Gasteiger partial charge in [-0.3, -0.25) is 14.4 Å². The van der Waals surface area contributed by atoms with Gasteiger partial charge in [0.05, 0.1) is 0 Å². The molecule has 1 unspecified atom stereocenters. The van der Waals surface area contributed by atoms with E-state index in [1.807, 2.05) is 0 Å². The predicted octanol–water partition coefficient (Wildman–Crippen LogP) is 20.4. The number of carbonyl (C=O) groups excluding carboxylic acids is 3. The average molecular weight is 970 g/mol. The number of hydrogen-bond donors (Lipinski definition) is 0. The van der Waals surface area contributed by atoms with Crippen LogP contribution in [-0.2, 0) is 28.6 Å². The number of allylic oxidation sites excluding steroid dienone is 6. The summed E-state index contributed by atoms with van der Waals surface area (Å²) in [6.45, 7) is 6.58. The minimum Gasteiger partial charge on any atom is -0.462 e. The Kier molecular flexibility index (Phi) is 56.2. The first-order valence-corrected chi connectivity index (χ1v) is 30.5. The molecule has 0 rings (SSSR count). The van der Waals surface area contributed by atoms with Crippen molar-refractivity contribution in [1.82, 2.24) is 0 Å². The minimum atomic E-state index is -0.773. The Morgan fingerprint density at radius 2 is 0.522 bits per heavy atom. The van der Waals surface area contributed by atoms with Gasteiger partial charge in [-0.2, -0.15) is 0 Å². The zero-order valence-corrected chi connectivity index (χ0v) is 46.3. The molecule has 6 nitrogen and oxygen atoms in total. The fraction of sp³-hybridized carbons (Fsp3) is 0.857. The molecule has 0 aliphatic carbocycles. The number of unbranched alkanes of at least 4 members (excludes halogenated alkanes) is 39. The monoisotopic (exact) mass is 969 g/mol. The third-order valence-corrected chi connectivity index (χ3v) is 13.6. The Morgan fingerprint density at radius 3 is 0.812 bits per heavy atom. The van der Waals surface area contributed by atoms with E-state index in [0.717, 1.165) is 83.5 Å². The molecule has 0 saturated heterocycles. The van der Waals surface area contributed by atoms with E-state index in [1.54, 1.807) is 0 Å². The van der Waals surface area contributed by atoms with Crippen LogP contribution in [0, 0.1) is 0 Å². The Hall–Kier alpha value is -2.37. The largest absolute Gasteiger partial charge is 0.462 e. The Labute approximate surface area is 429 Å². The quantitative estimate of drug-likeness (QED) is 0.0261. The first kappa shape index (κ1) is 66.6. The van der Waals surface area contributed by atoms with Crippen LogP contribution in [0.1, 0.15) is 329 Å². The lowest BCUT2D eigenvalue weighted by Gasteiger charge is -2.18. The SMILES string of the molecule is CCCCCCC/C=C\C/C=C\C/C=C\CCCCCCCCC(=O)OC(COC(=O)CCCCCCC)COC(=O)CCCCCCCCCCCCCCCCCCCCCCCCCCC. The number of hydrogen-bond acceptors (Lipinski definition) is 6. The molecule has 404 valence electrons. The zero-order chi connectivity index (χ0) is 50.0. The van der Waals surface area contributed by atoms with Crippen LogP contribution in [0.2, 0.25) is 0 Å². The van der Waals surface area contributed by atoms with Crippen molar-refractivity contribution in [2.45, 2.75) is 335 Å². The molecule has 0 heterocycles. The molecular formula is C63H116O6. The molecule has 6 heteroatoms. The van der Waals surface area contributed by atoms with Crippen LogP contribution in [0.4, 0.5) is 0 Å². The van der Waals surface area contributed by atoms with Crippen molar-refractivity contribution in [2.75, 3.05) is 13.2 Å². The van der Waals surface area contributed by atoms with Crippen molar-refractivity contribution in [1.29, 1.82) is 0 Å². The van der Waals surface area contributed by atoms with Gasteiger partial charge in [-0.15, -0.1) is 0 Å². The van der Waals surface area contributed by atoms with Gasteiger partial charge >= 0.3 is 17.9 Å². The number of carbonyl (C=O) groups is 3. The van der Waals surface area contributed by atoms with Crippen LogP contribution < -0.4 is 0 Å². The van der Waals surface area contributed by atoms with E-state index >= 15 is 0 Å². The number of ether oxygens (including phenoxy) is 3. The normalized spacial score (nSPS) is 12.2. The number of esters is 3. The molecule has 0 aromatic heterocycles. The van der Waals surface area contributed by atoms with Crippen LogP contribution in [0.15, 0.2) is 36.5 Å². The van der Waals surface area contributed by atoms with Crippen molar-refractivity contribution in [3.8, 4) is 0 Å². The van der Waals surface area contributed by atoms with E-state index in [0.29, 0.717) is 19.3 Å². The first-order chi connectivity index (χ1) is 34.0. The fourth-order valence-corrected chi connectivity index (χ4v) is 9.04. The standard InChI is InChI=1S/C63H116O6/c1-4-7-10-13-15-17-19-21-23-25-27-29-30-31-32-34-35-37-39-41-43-45-47-50-53-56-62(65)68-59-60(58-67-61(64)55-52-49-12-9-6-3)69-63(66)57-54-51-48-46-44-42-40-38-36-33-28-26-24-22-20-18-16-14-11-8-5-2/h20,22,26,28,36,38,60H,4-19,21,23-25,27,29-35,37,39-59H2,1-3H3/b22-20-,28-26-,38-36-. The lowest BCUT2D eigenvalue weighted by Crippen LogP contribution is -2.30. The Bertz CT molecular complexity index is 1160. The molecule has 1 atom stereocenters. The van der Waals surface area contributed by atoms with Crippen molar-refractivity contribution < 1.29 is 28.6 Å². The highest BCUT2D eigenvalue weighted by molar-refractivity contribution is 5.71. The van der Waals surface area contributed by atoms with Crippen LogP contribution in [0.3, 0.4) is 0 Å². The maximum Gasteiger partial charge on any atom is 0.306 e. The smallest absolute Gasteiger partial charge is 0.306 e. The molecule has 69 heavy (non-hydrogen) atoms. The summed E-state index contributed by atoms with van der Waals surface area (Å²) in [6.07, 6.45) is 70.5. The highest BCUT2D eigenvalue weighted by Gasteiger charge is 2.19. The molecule has 0 aliphatic rings. The minimum absolute atomic E-state index is 0.0742. The van der Waals surface area contributed by atoms with E-state index in [4.69, 9.17) is 14.2 Å². The molecule has 0 spiro atoms. The summed E-state index contributed by atoms with van der Waals surface area (Å²) in [5.41, 5.74) is 0. The highest BCUT2D eigenvalue weighted by Crippen LogP contribution is 2.17. The van der Waals surface area contributed by atoms with E-state index in [9.17, 15) is 14.4 Å². The summed E-state index contributed by atoms with van der Waals surface area (Å²) in [6, 6.07) is 0. The maximum atomic E-state index is 12.8. The summed E-state index contributed by atoms with van der Waals surface area (Å²) in [5, 5.41) is 0.